The lowest BCUT2D eigenvalue weighted by molar-refractivity contribution is 0.647. The van der Waals surface area contributed by atoms with E-state index in [0.717, 1.165) is 12.0 Å². The minimum Gasteiger partial charge on any atom is -0.0667 e. The number of rotatable bonds is 2. The van der Waals surface area contributed by atoms with E-state index in [1.54, 1.807) is 0 Å². The van der Waals surface area contributed by atoms with Gasteiger partial charge in [-0.2, -0.15) is 0 Å². The molecule has 0 bridgehead atoms. The molecule has 0 spiro atoms. The Morgan fingerprint density at radius 3 is 2.45 bits per heavy atom. The van der Waals surface area contributed by atoms with Gasteiger partial charge in [0, 0.05) is 5.56 Å². The van der Waals surface area contributed by atoms with E-state index in [4.69, 9.17) is 0 Å². The molecule has 0 N–H and O–H groups in total. The van der Waals surface area contributed by atoms with E-state index >= 15 is 0 Å². The molecule has 0 radical (unpaired) electrons. The molecule has 0 aromatic heterocycles. The molecule has 0 aliphatic rings. The van der Waals surface area contributed by atoms with Gasteiger partial charge in [-0.15, -0.1) is 0 Å². The Morgan fingerprint density at radius 1 is 1.27 bits per heavy atom. The highest BCUT2D eigenvalue weighted by molar-refractivity contribution is 5.14. The van der Waals surface area contributed by atoms with Crippen LogP contribution in [0.15, 0.2) is 12.1 Å². The second-order valence-corrected chi connectivity index (χ2v) is 3.39. The van der Waals surface area contributed by atoms with E-state index in [1.165, 1.54) is 5.56 Å². The quantitative estimate of drug-likeness (QED) is 0.602. The second-order valence-electron chi connectivity index (χ2n) is 3.39. The van der Waals surface area contributed by atoms with Gasteiger partial charge in [-0.1, -0.05) is 32.0 Å². The van der Waals surface area contributed by atoms with Crippen molar-refractivity contribution in [1.82, 2.24) is 0 Å². The van der Waals surface area contributed by atoms with Gasteiger partial charge in [0.1, 0.15) is 0 Å². The predicted molar refractivity (Wildman–Crippen MR) is 47.4 cm³/mol. The van der Waals surface area contributed by atoms with E-state index in [0.29, 0.717) is 5.92 Å². The van der Waals surface area contributed by atoms with Crippen LogP contribution in [-0.4, -0.2) is 0 Å². The van der Waals surface area contributed by atoms with E-state index in [-0.39, 0.29) is 0 Å². The average Bonchev–Trinajstić information content (AvgIpc) is 1.93. The van der Waals surface area contributed by atoms with E-state index < -0.39 is 0 Å². The fraction of sp³-hybridized carbons (Fsp3) is 0.455. The third-order valence-electron chi connectivity index (χ3n) is 1.58. The van der Waals surface area contributed by atoms with Gasteiger partial charge in [-0.25, -0.2) is 0 Å². The van der Waals surface area contributed by atoms with Gasteiger partial charge in [0.25, 0.3) is 0 Å². The molecular formula is C11H14. The van der Waals surface area contributed by atoms with Crippen LogP contribution in [0.4, 0.5) is 0 Å². The van der Waals surface area contributed by atoms with Crippen LogP contribution in [0.5, 0.6) is 0 Å². The second kappa shape index (κ2) is 3.44. The average molecular weight is 146 g/mol. The Labute approximate surface area is 69.3 Å². The minimum absolute atomic E-state index is 0.711. The summed E-state index contributed by atoms with van der Waals surface area (Å²) in [6, 6.07) is 10.4. The van der Waals surface area contributed by atoms with Gasteiger partial charge in [0.2, 0.25) is 0 Å². The van der Waals surface area contributed by atoms with Crippen molar-refractivity contribution >= 4 is 0 Å². The predicted octanol–water partition coefficient (Wildman–Crippen LogP) is 2.79. The fourth-order valence-corrected chi connectivity index (χ4v) is 1.05. The Hall–Kier alpha value is -0.960. The molecule has 58 valence electrons. The number of hydrogen-bond acceptors (Lipinski definition) is 0. The molecule has 0 nitrogen and oxygen atoms in total. The van der Waals surface area contributed by atoms with Gasteiger partial charge in [0.05, 0.1) is 0 Å². The Kier molecular flexibility index (Phi) is 2.54. The van der Waals surface area contributed by atoms with E-state index in [2.05, 4.69) is 38.1 Å². The lowest BCUT2D eigenvalue weighted by Crippen LogP contribution is -1.92. The molecule has 0 fully saturated rings. The molecule has 0 aliphatic heterocycles. The van der Waals surface area contributed by atoms with Gasteiger partial charge >= 0.3 is 0 Å². The lowest BCUT2D eigenvalue weighted by atomic mass is 10.0. The van der Waals surface area contributed by atoms with Crippen LogP contribution >= 0.6 is 0 Å². The molecule has 1 aromatic carbocycles. The molecule has 0 saturated heterocycles. The third kappa shape index (κ3) is 2.63. The van der Waals surface area contributed by atoms with Crippen molar-refractivity contribution in [3.63, 3.8) is 0 Å². The van der Waals surface area contributed by atoms with Crippen LogP contribution < -0.4 is 0 Å². The monoisotopic (exact) mass is 146 g/mol. The summed E-state index contributed by atoms with van der Waals surface area (Å²) in [5, 5.41) is 0. The summed E-state index contributed by atoms with van der Waals surface area (Å²) >= 11 is 0. The normalized spacial score (nSPS) is 9.82. The van der Waals surface area contributed by atoms with Crippen LogP contribution in [0, 0.1) is 25.0 Å². The molecular weight excluding hydrogens is 132 g/mol. The molecule has 11 heavy (non-hydrogen) atoms. The first-order valence-corrected chi connectivity index (χ1v) is 4.08. The largest absolute Gasteiger partial charge is 0.0667 e. The topological polar surface area (TPSA) is 0 Å². The Bertz CT molecular complexity index is 206. The van der Waals surface area contributed by atoms with Gasteiger partial charge < -0.3 is 0 Å². The molecule has 0 aliphatic carbocycles. The lowest BCUT2D eigenvalue weighted by Gasteiger charge is -2.00. The number of hydrogen-bond donors (Lipinski definition) is 0. The maximum atomic E-state index is 3.14. The highest BCUT2D eigenvalue weighted by Gasteiger charge is 1.95. The summed E-state index contributed by atoms with van der Waals surface area (Å²) < 4.78 is 0. The zero-order valence-corrected chi connectivity index (χ0v) is 7.44. The molecule has 0 amide bonds. The summed E-state index contributed by atoms with van der Waals surface area (Å²) in [7, 11) is 0. The first kappa shape index (κ1) is 8.14. The zero-order valence-electron chi connectivity index (χ0n) is 7.44. The Morgan fingerprint density at radius 2 is 2.00 bits per heavy atom. The van der Waals surface area contributed by atoms with Gasteiger partial charge in [-0.05, 0) is 30.9 Å². The molecule has 0 heterocycles. The van der Waals surface area contributed by atoms with Crippen molar-refractivity contribution in [1.29, 1.82) is 0 Å². The van der Waals surface area contributed by atoms with Crippen molar-refractivity contribution in [3.05, 3.63) is 35.4 Å². The molecule has 1 rings (SSSR count). The summed E-state index contributed by atoms with van der Waals surface area (Å²) in [5.74, 6) is 0.711. The summed E-state index contributed by atoms with van der Waals surface area (Å²) in [6.45, 7) is 6.47. The van der Waals surface area contributed by atoms with Gasteiger partial charge in [-0.3, -0.25) is 0 Å². The standard InChI is InChI=1S/C11H14/c1-9(2)8-11-6-4-10(3)5-7-11/h4,6,9H,8H2,1-3H3. The minimum atomic E-state index is 0.711. The van der Waals surface area contributed by atoms with Crippen LogP contribution in [0.2, 0.25) is 0 Å². The number of aryl methyl sites for hydroxylation is 1. The zero-order chi connectivity index (χ0) is 8.27. The van der Waals surface area contributed by atoms with Crippen molar-refractivity contribution in [2.75, 3.05) is 0 Å². The summed E-state index contributed by atoms with van der Waals surface area (Å²) in [5.41, 5.74) is 2.43. The fourth-order valence-electron chi connectivity index (χ4n) is 1.05. The van der Waals surface area contributed by atoms with Crippen molar-refractivity contribution in [2.45, 2.75) is 27.2 Å². The highest BCUT2D eigenvalue weighted by Crippen LogP contribution is 2.04. The molecule has 0 saturated carbocycles. The summed E-state index contributed by atoms with van der Waals surface area (Å²) in [4.78, 5) is 0. The smallest absolute Gasteiger partial charge is 0.00268 e. The summed E-state index contributed by atoms with van der Waals surface area (Å²) in [6.07, 6.45) is 1.11. The van der Waals surface area contributed by atoms with Crippen LogP contribution in [0.3, 0.4) is 0 Å². The maximum absolute atomic E-state index is 3.14. The SMILES string of the molecule is Cc1c#cc(CC(C)C)cc1. The maximum Gasteiger partial charge on any atom is 0.00268 e. The first-order chi connectivity index (χ1) is 5.18. The van der Waals surface area contributed by atoms with Crippen LogP contribution in [0.25, 0.3) is 0 Å². The van der Waals surface area contributed by atoms with E-state index in [9.17, 15) is 0 Å². The van der Waals surface area contributed by atoms with Crippen molar-refractivity contribution in [3.8, 4) is 0 Å². The van der Waals surface area contributed by atoms with Crippen molar-refractivity contribution in [2.24, 2.45) is 5.92 Å². The molecule has 0 unspecified atom stereocenters. The van der Waals surface area contributed by atoms with Crippen molar-refractivity contribution < 1.29 is 0 Å². The molecule has 0 heteroatoms. The van der Waals surface area contributed by atoms with Crippen LogP contribution in [0.1, 0.15) is 25.0 Å². The Balaban J connectivity index is 2.66. The van der Waals surface area contributed by atoms with Crippen LogP contribution in [-0.2, 0) is 6.42 Å². The van der Waals surface area contributed by atoms with Gasteiger partial charge in [0.15, 0.2) is 0 Å². The third-order valence-corrected chi connectivity index (χ3v) is 1.58. The van der Waals surface area contributed by atoms with E-state index in [1.807, 2.05) is 6.92 Å². The molecule has 1 aromatic rings. The molecule has 0 atom stereocenters. The highest BCUT2D eigenvalue weighted by atomic mass is 14.0. The first-order valence-electron chi connectivity index (χ1n) is 4.08.